The van der Waals surface area contributed by atoms with Crippen LogP contribution in [0.2, 0.25) is 0 Å². The van der Waals surface area contributed by atoms with Crippen LogP contribution in [0.4, 0.5) is 13.2 Å². The first-order chi connectivity index (χ1) is 7.21. The van der Waals surface area contributed by atoms with E-state index in [1.54, 1.807) is 0 Å². The standard InChI is InChI=1S/C10H20F3NO2/c1-9(2,3)16-7-6-15-5-4-14-8-10(11,12)13/h14H,4-8H2,1-3H3. The molecule has 6 heteroatoms. The second-order valence-electron chi connectivity index (χ2n) is 4.37. The summed E-state index contributed by atoms with van der Waals surface area (Å²) in [7, 11) is 0. The quantitative estimate of drug-likeness (QED) is 0.693. The van der Waals surface area contributed by atoms with Crippen LogP contribution in [0, 0.1) is 0 Å². The summed E-state index contributed by atoms with van der Waals surface area (Å²) >= 11 is 0. The van der Waals surface area contributed by atoms with Gasteiger partial charge in [0.2, 0.25) is 0 Å². The summed E-state index contributed by atoms with van der Waals surface area (Å²) < 4.78 is 45.5. The molecule has 0 saturated carbocycles. The predicted molar refractivity (Wildman–Crippen MR) is 55.4 cm³/mol. The van der Waals surface area contributed by atoms with Crippen LogP contribution in [0.25, 0.3) is 0 Å². The van der Waals surface area contributed by atoms with Crippen molar-refractivity contribution in [3.8, 4) is 0 Å². The third kappa shape index (κ3) is 13.7. The fraction of sp³-hybridized carbons (Fsp3) is 1.00. The lowest BCUT2D eigenvalue weighted by Gasteiger charge is -2.19. The summed E-state index contributed by atoms with van der Waals surface area (Å²) in [5.74, 6) is 0. The molecule has 0 rings (SSSR count). The molecule has 0 aromatic carbocycles. The predicted octanol–water partition coefficient (Wildman–Crippen LogP) is 1.97. The molecule has 0 saturated heterocycles. The van der Waals surface area contributed by atoms with E-state index in [9.17, 15) is 13.2 Å². The van der Waals surface area contributed by atoms with Crippen molar-refractivity contribution in [1.82, 2.24) is 5.32 Å². The lowest BCUT2D eigenvalue weighted by atomic mass is 10.2. The van der Waals surface area contributed by atoms with Crippen molar-refractivity contribution >= 4 is 0 Å². The van der Waals surface area contributed by atoms with E-state index < -0.39 is 12.7 Å². The van der Waals surface area contributed by atoms with Crippen LogP contribution in [0.15, 0.2) is 0 Å². The topological polar surface area (TPSA) is 30.5 Å². The molecule has 0 spiro atoms. The van der Waals surface area contributed by atoms with E-state index in [4.69, 9.17) is 9.47 Å². The van der Waals surface area contributed by atoms with Gasteiger partial charge in [0, 0.05) is 6.54 Å². The summed E-state index contributed by atoms with van der Waals surface area (Å²) in [4.78, 5) is 0. The number of alkyl halides is 3. The smallest absolute Gasteiger partial charge is 0.378 e. The van der Waals surface area contributed by atoms with Gasteiger partial charge in [0.15, 0.2) is 0 Å². The fourth-order valence-electron chi connectivity index (χ4n) is 0.883. The Kier molecular flexibility index (Phi) is 6.94. The Morgan fingerprint density at radius 2 is 1.62 bits per heavy atom. The van der Waals surface area contributed by atoms with Crippen LogP contribution in [-0.4, -0.2) is 44.7 Å². The van der Waals surface area contributed by atoms with Crippen LogP contribution >= 0.6 is 0 Å². The van der Waals surface area contributed by atoms with Crippen LogP contribution < -0.4 is 5.32 Å². The van der Waals surface area contributed by atoms with Gasteiger partial charge in [-0.25, -0.2) is 0 Å². The minimum Gasteiger partial charge on any atom is -0.378 e. The Balaban J connectivity index is 3.17. The Labute approximate surface area is 94.3 Å². The number of hydrogen-bond donors (Lipinski definition) is 1. The zero-order chi connectivity index (χ0) is 12.7. The Morgan fingerprint density at radius 3 is 2.12 bits per heavy atom. The summed E-state index contributed by atoms with van der Waals surface area (Å²) in [6.07, 6.45) is -4.16. The van der Waals surface area contributed by atoms with E-state index in [1.165, 1.54) is 0 Å². The van der Waals surface area contributed by atoms with E-state index in [0.717, 1.165) is 0 Å². The Morgan fingerprint density at radius 1 is 1.00 bits per heavy atom. The normalized spacial score (nSPS) is 13.1. The molecule has 0 aliphatic heterocycles. The van der Waals surface area contributed by atoms with Gasteiger partial charge < -0.3 is 14.8 Å². The van der Waals surface area contributed by atoms with Gasteiger partial charge in [-0.1, -0.05) is 0 Å². The van der Waals surface area contributed by atoms with Crippen molar-refractivity contribution in [3.05, 3.63) is 0 Å². The SMILES string of the molecule is CC(C)(C)OCCOCCNCC(F)(F)F. The molecule has 0 aliphatic carbocycles. The van der Waals surface area contributed by atoms with Crippen molar-refractivity contribution in [2.45, 2.75) is 32.5 Å². The lowest BCUT2D eigenvalue weighted by molar-refractivity contribution is -0.125. The van der Waals surface area contributed by atoms with Crippen LogP contribution in [0.5, 0.6) is 0 Å². The molecule has 0 aromatic heterocycles. The highest BCUT2D eigenvalue weighted by molar-refractivity contribution is 4.58. The molecule has 0 fully saturated rings. The monoisotopic (exact) mass is 243 g/mol. The summed E-state index contributed by atoms with van der Waals surface area (Å²) in [5.41, 5.74) is -0.210. The van der Waals surface area contributed by atoms with Gasteiger partial charge in [-0.05, 0) is 20.8 Å². The number of ether oxygens (including phenoxy) is 2. The van der Waals surface area contributed by atoms with Crippen molar-refractivity contribution < 1.29 is 22.6 Å². The molecule has 16 heavy (non-hydrogen) atoms. The maximum absolute atomic E-state index is 11.7. The third-order valence-corrected chi connectivity index (χ3v) is 1.51. The highest BCUT2D eigenvalue weighted by Gasteiger charge is 2.25. The highest BCUT2D eigenvalue weighted by Crippen LogP contribution is 2.11. The Hall–Kier alpha value is -0.330. The van der Waals surface area contributed by atoms with Gasteiger partial charge in [0.25, 0.3) is 0 Å². The first kappa shape index (κ1) is 15.7. The molecule has 0 unspecified atom stereocenters. The fourth-order valence-corrected chi connectivity index (χ4v) is 0.883. The molecule has 98 valence electrons. The molecular formula is C10H20F3NO2. The minimum atomic E-state index is -4.16. The second kappa shape index (κ2) is 7.09. The second-order valence-corrected chi connectivity index (χ2v) is 4.37. The van der Waals surface area contributed by atoms with Crippen LogP contribution in [0.1, 0.15) is 20.8 Å². The average molecular weight is 243 g/mol. The van der Waals surface area contributed by atoms with E-state index >= 15 is 0 Å². The van der Waals surface area contributed by atoms with Crippen molar-refractivity contribution in [1.29, 1.82) is 0 Å². The van der Waals surface area contributed by atoms with E-state index in [0.29, 0.717) is 13.2 Å². The Bertz CT molecular complexity index is 158. The third-order valence-electron chi connectivity index (χ3n) is 1.51. The highest BCUT2D eigenvalue weighted by atomic mass is 19.4. The summed E-state index contributed by atoms with van der Waals surface area (Å²) in [5, 5.41) is 2.24. The largest absolute Gasteiger partial charge is 0.401 e. The van der Waals surface area contributed by atoms with Gasteiger partial charge in [0.05, 0.1) is 32.0 Å². The summed E-state index contributed by atoms with van der Waals surface area (Å²) in [6, 6.07) is 0. The first-order valence-electron chi connectivity index (χ1n) is 5.20. The number of halogens is 3. The number of hydrogen-bond acceptors (Lipinski definition) is 3. The molecule has 0 amide bonds. The van der Waals surface area contributed by atoms with Crippen molar-refractivity contribution in [2.24, 2.45) is 0 Å². The van der Waals surface area contributed by atoms with Gasteiger partial charge >= 0.3 is 6.18 Å². The molecule has 0 aliphatic rings. The van der Waals surface area contributed by atoms with E-state index in [-0.39, 0.29) is 18.8 Å². The van der Waals surface area contributed by atoms with Gasteiger partial charge in [-0.3, -0.25) is 0 Å². The molecule has 1 N–H and O–H groups in total. The van der Waals surface area contributed by atoms with Gasteiger partial charge in [-0.15, -0.1) is 0 Å². The van der Waals surface area contributed by atoms with Gasteiger partial charge in [0.1, 0.15) is 0 Å². The maximum atomic E-state index is 11.7. The number of nitrogens with one attached hydrogen (secondary N) is 1. The number of rotatable bonds is 7. The van der Waals surface area contributed by atoms with E-state index in [1.807, 2.05) is 20.8 Å². The van der Waals surface area contributed by atoms with Crippen molar-refractivity contribution in [3.63, 3.8) is 0 Å². The molecule has 3 nitrogen and oxygen atoms in total. The molecule has 0 heterocycles. The zero-order valence-electron chi connectivity index (χ0n) is 9.99. The molecular weight excluding hydrogens is 223 g/mol. The molecule has 0 radical (unpaired) electrons. The summed E-state index contributed by atoms with van der Waals surface area (Å²) in [6.45, 7) is 6.09. The average Bonchev–Trinajstić information content (AvgIpc) is 2.06. The van der Waals surface area contributed by atoms with Gasteiger partial charge in [-0.2, -0.15) is 13.2 Å². The van der Waals surface area contributed by atoms with Crippen molar-refractivity contribution in [2.75, 3.05) is 32.9 Å². The maximum Gasteiger partial charge on any atom is 0.401 e. The van der Waals surface area contributed by atoms with Crippen LogP contribution in [0.3, 0.4) is 0 Å². The molecule has 0 aromatic rings. The zero-order valence-corrected chi connectivity index (χ0v) is 9.99. The molecule has 0 bridgehead atoms. The van der Waals surface area contributed by atoms with Crippen LogP contribution in [-0.2, 0) is 9.47 Å². The first-order valence-corrected chi connectivity index (χ1v) is 5.20. The lowest BCUT2D eigenvalue weighted by Crippen LogP contribution is -2.31. The van der Waals surface area contributed by atoms with E-state index in [2.05, 4.69) is 5.32 Å². The molecule has 0 atom stereocenters. The minimum absolute atomic E-state index is 0.190.